The van der Waals surface area contributed by atoms with E-state index in [1.807, 2.05) is 0 Å². The largest absolute Gasteiger partial charge is 0.330 e. The molecule has 0 aliphatic heterocycles. The maximum absolute atomic E-state index is 5.39. The van der Waals surface area contributed by atoms with E-state index in [0.29, 0.717) is 0 Å². The molecular formula is C11H27N3. The molecule has 0 fully saturated rings. The summed E-state index contributed by atoms with van der Waals surface area (Å²) in [7, 11) is 0. The molecule has 0 heterocycles. The van der Waals surface area contributed by atoms with Crippen molar-refractivity contribution < 1.29 is 0 Å². The SMILES string of the molecule is CCCCNCCCCNCCCN. The Balaban J connectivity index is 2.78. The van der Waals surface area contributed by atoms with Gasteiger partial charge in [0, 0.05) is 0 Å². The third kappa shape index (κ3) is 11.9. The summed E-state index contributed by atoms with van der Waals surface area (Å²) in [5.41, 5.74) is 5.39. The van der Waals surface area contributed by atoms with Gasteiger partial charge in [-0.25, -0.2) is 0 Å². The molecule has 4 N–H and O–H groups in total. The summed E-state index contributed by atoms with van der Waals surface area (Å²) >= 11 is 0. The van der Waals surface area contributed by atoms with Gasteiger partial charge in [0.2, 0.25) is 0 Å². The summed E-state index contributed by atoms with van der Waals surface area (Å²) in [5, 5.41) is 6.82. The number of hydrogen-bond donors (Lipinski definition) is 3. The third-order valence-electron chi connectivity index (χ3n) is 2.22. The van der Waals surface area contributed by atoms with Crippen molar-refractivity contribution in [3.05, 3.63) is 0 Å². The number of unbranched alkanes of at least 4 members (excludes halogenated alkanes) is 2. The minimum absolute atomic E-state index is 0.797. The molecule has 0 unspecified atom stereocenters. The van der Waals surface area contributed by atoms with Crippen LogP contribution in [0.15, 0.2) is 0 Å². The average Bonchev–Trinajstić information content (AvgIpc) is 2.21. The molecule has 0 saturated carbocycles. The number of nitrogens with one attached hydrogen (secondary N) is 2. The van der Waals surface area contributed by atoms with Crippen molar-refractivity contribution in [3.8, 4) is 0 Å². The Morgan fingerprint density at radius 2 is 1.29 bits per heavy atom. The van der Waals surface area contributed by atoms with E-state index in [1.54, 1.807) is 0 Å². The maximum Gasteiger partial charge on any atom is -0.00369 e. The normalized spacial score (nSPS) is 10.7. The van der Waals surface area contributed by atoms with Crippen molar-refractivity contribution in [3.63, 3.8) is 0 Å². The second-order valence-electron chi connectivity index (χ2n) is 3.70. The van der Waals surface area contributed by atoms with Crippen molar-refractivity contribution >= 4 is 0 Å². The molecule has 0 spiro atoms. The van der Waals surface area contributed by atoms with Crippen molar-refractivity contribution in [2.45, 2.75) is 39.0 Å². The quantitative estimate of drug-likeness (QED) is 0.439. The fourth-order valence-electron chi connectivity index (χ4n) is 1.28. The third-order valence-corrected chi connectivity index (χ3v) is 2.22. The molecule has 0 atom stereocenters. The van der Waals surface area contributed by atoms with Crippen LogP contribution in [0.5, 0.6) is 0 Å². The lowest BCUT2D eigenvalue weighted by Gasteiger charge is -2.05. The van der Waals surface area contributed by atoms with E-state index in [2.05, 4.69) is 17.6 Å². The molecule has 0 aliphatic rings. The van der Waals surface area contributed by atoms with Crippen LogP contribution in [-0.2, 0) is 0 Å². The van der Waals surface area contributed by atoms with Gasteiger partial charge in [0.15, 0.2) is 0 Å². The van der Waals surface area contributed by atoms with Crippen LogP contribution in [0.25, 0.3) is 0 Å². The molecule has 14 heavy (non-hydrogen) atoms. The summed E-state index contributed by atoms with van der Waals surface area (Å²) in [6.45, 7) is 7.57. The first kappa shape index (κ1) is 13.9. The van der Waals surface area contributed by atoms with Gasteiger partial charge in [0.1, 0.15) is 0 Å². The Hall–Kier alpha value is -0.120. The predicted octanol–water partition coefficient (Wildman–Crippen LogP) is 1.09. The van der Waals surface area contributed by atoms with Crippen molar-refractivity contribution in [1.29, 1.82) is 0 Å². The molecule has 0 saturated heterocycles. The number of rotatable bonds is 11. The first-order chi connectivity index (χ1) is 6.91. The van der Waals surface area contributed by atoms with Crippen LogP contribution in [-0.4, -0.2) is 32.7 Å². The highest BCUT2D eigenvalue weighted by Gasteiger charge is 1.89. The zero-order chi connectivity index (χ0) is 10.5. The first-order valence-corrected chi connectivity index (χ1v) is 6.03. The Kier molecular flexibility index (Phi) is 12.8. The summed E-state index contributed by atoms with van der Waals surface area (Å²) in [4.78, 5) is 0. The van der Waals surface area contributed by atoms with Crippen LogP contribution in [0.1, 0.15) is 39.0 Å². The molecule has 0 amide bonds. The van der Waals surface area contributed by atoms with Gasteiger partial charge in [0.05, 0.1) is 0 Å². The highest BCUT2D eigenvalue weighted by molar-refractivity contribution is 4.52. The van der Waals surface area contributed by atoms with Crippen molar-refractivity contribution in [1.82, 2.24) is 10.6 Å². The Morgan fingerprint density at radius 1 is 0.786 bits per heavy atom. The number of nitrogens with two attached hydrogens (primary N) is 1. The smallest absolute Gasteiger partial charge is 0.00369 e. The van der Waals surface area contributed by atoms with E-state index < -0.39 is 0 Å². The highest BCUT2D eigenvalue weighted by Crippen LogP contribution is 1.86. The minimum Gasteiger partial charge on any atom is -0.330 e. The second-order valence-corrected chi connectivity index (χ2v) is 3.70. The van der Waals surface area contributed by atoms with E-state index in [9.17, 15) is 0 Å². The lowest BCUT2D eigenvalue weighted by molar-refractivity contribution is 0.567. The predicted molar refractivity (Wildman–Crippen MR) is 63.6 cm³/mol. The van der Waals surface area contributed by atoms with Gasteiger partial charge < -0.3 is 16.4 Å². The summed E-state index contributed by atoms with van der Waals surface area (Å²) in [6, 6.07) is 0. The Morgan fingerprint density at radius 3 is 1.79 bits per heavy atom. The number of hydrogen-bond acceptors (Lipinski definition) is 3. The lowest BCUT2D eigenvalue weighted by Crippen LogP contribution is -2.21. The summed E-state index contributed by atoms with van der Waals surface area (Å²) in [5.74, 6) is 0. The standard InChI is InChI=1S/C11H27N3/c1-2-3-8-13-9-4-5-10-14-11-6-7-12/h13-14H,2-12H2,1H3. The molecule has 0 aliphatic carbocycles. The van der Waals surface area contributed by atoms with Gasteiger partial charge in [-0.15, -0.1) is 0 Å². The molecule has 86 valence electrons. The van der Waals surface area contributed by atoms with Gasteiger partial charge in [-0.1, -0.05) is 13.3 Å². The van der Waals surface area contributed by atoms with Gasteiger partial charge >= 0.3 is 0 Å². The molecule has 0 aromatic carbocycles. The molecule has 0 rings (SSSR count). The van der Waals surface area contributed by atoms with E-state index >= 15 is 0 Å². The molecular weight excluding hydrogens is 174 g/mol. The maximum atomic E-state index is 5.39. The van der Waals surface area contributed by atoms with Gasteiger partial charge in [0.25, 0.3) is 0 Å². The molecule has 3 nitrogen and oxygen atoms in total. The van der Waals surface area contributed by atoms with Crippen LogP contribution < -0.4 is 16.4 Å². The van der Waals surface area contributed by atoms with Crippen LogP contribution in [0.2, 0.25) is 0 Å². The molecule has 3 heteroatoms. The van der Waals surface area contributed by atoms with Gasteiger partial charge in [-0.2, -0.15) is 0 Å². The average molecular weight is 201 g/mol. The molecule has 0 radical (unpaired) electrons. The van der Waals surface area contributed by atoms with Gasteiger partial charge in [-0.05, 0) is 58.4 Å². The van der Waals surface area contributed by atoms with Crippen molar-refractivity contribution in [2.75, 3.05) is 32.7 Å². The Labute approximate surface area is 88.8 Å². The Bertz CT molecular complexity index is 84.5. The van der Waals surface area contributed by atoms with Gasteiger partial charge in [-0.3, -0.25) is 0 Å². The first-order valence-electron chi connectivity index (χ1n) is 6.03. The zero-order valence-corrected chi connectivity index (χ0v) is 9.65. The second kappa shape index (κ2) is 12.9. The minimum atomic E-state index is 0.797. The summed E-state index contributed by atoms with van der Waals surface area (Å²) in [6.07, 6.45) is 6.22. The van der Waals surface area contributed by atoms with Crippen LogP contribution in [0, 0.1) is 0 Å². The topological polar surface area (TPSA) is 50.1 Å². The van der Waals surface area contributed by atoms with Crippen molar-refractivity contribution in [2.24, 2.45) is 5.73 Å². The highest BCUT2D eigenvalue weighted by atomic mass is 14.9. The molecule has 0 bridgehead atoms. The fourth-order valence-corrected chi connectivity index (χ4v) is 1.28. The van der Waals surface area contributed by atoms with Crippen LogP contribution in [0.3, 0.4) is 0 Å². The van der Waals surface area contributed by atoms with E-state index in [1.165, 1.54) is 38.8 Å². The van der Waals surface area contributed by atoms with E-state index in [-0.39, 0.29) is 0 Å². The molecule has 0 aromatic heterocycles. The van der Waals surface area contributed by atoms with E-state index in [4.69, 9.17) is 5.73 Å². The summed E-state index contributed by atoms with van der Waals surface area (Å²) < 4.78 is 0. The lowest BCUT2D eigenvalue weighted by atomic mass is 10.3. The van der Waals surface area contributed by atoms with E-state index in [0.717, 1.165) is 26.1 Å². The monoisotopic (exact) mass is 201 g/mol. The van der Waals surface area contributed by atoms with Crippen LogP contribution >= 0.6 is 0 Å². The molecule has 0 aromatic rings. The fraction of sp³-hybridized carbons (Fsp3) is 1.00. The van der Waals surface area contributed by atoms with Crippen LogP contribution in [0.4, 0.5) is 0 Å². The zero-order valence-electron chi connectivity index (χ0n) is 9.65.